The summed E-state index contributed by atoms with van der Waals surface area (Å²) in [5.74, 6) is 1.03. The van der Waals surface area contributed by atoms with Gasteiger partial charge in [-0.15, -0.1) is 0 Å². The van der Waals surface area contributed by atoms with Crippen molar-refractivity contribution in [1.29, 1.82) is 0 Å². The predicted octanol–water partition coefficient (Wildman–Crippen LogP) is 4.37. The highest BCUT2D eigenvalue weighted by Gasteiger charge is 2.26. The van der Waals surface area contributed by atoms with Gasteiger partial charge in [0, 0.05) is 10.0 Å². The summed E-state index contributed by atoms with van der Waals surface area (Å²) < 4.78 is 16.7. The van der Waals surface area contributed by atoms with Gasteiger partial charge in [-0.05, 0) is 30.3 Å². The second-order valence-electron chi connectivity index (χ2n) is 5.30. The van der Waals surface area contributed by atoms with Crippen LogP contribution in [0.25, 0.3) is 6.08 Å². The van der Waals surface area contributed by atoms with Gasteiger partial charge in [0.15, 0.2) is 5.70 Å². The minimum absolute atomic E-state index is 0.213. The first-order chi connectivity index (χ1) is 12.6. The molecule has 1 aliphatic rings. The molecule has 0 aromatic heterocycles. The molecule has 1 aliphatic heterocycles. The molecule has 3 rings (SSSR count). The smallest absolute Gasteiger partial charge is 0.363 e. The number of carbonyl (C=O) groups excluding carboxylic acids is 1. The Labute approximate surface area is 159 Å². The number of hydrogen-bond acceptors (Lipinski definition) is 5. The highest BCUT2D eigenvalue weighted by atomic mass is 79.9. The quantitative estimate of drug-likeness (QED) is 0.539. The van der Waals surface area contributed by atoms with Crippen LogP contribution in [0.3, 0.4) is 0 Å². The summed E-state index contributed by atoms with van der Waals surface area (Å²) >= 11 is 3.40. The van der Waals surface area contributed by atoms with Gasteiger partial charge in [0.25, 0.3) is 0 Å². The van der Waals surface area contributed by atoms with Gasteiger partial charge in [-0.1, -0.05) is 46.3 Å². The lowest BCUT2D eigenvalue weighted by atomic mass is 10.2. The number of cyclic esters (lactones) is 1. The summed E-state index contributed by atoms with van der Waals surface area (Å²) in [6.07, 6.45) is 5.18. The third-order valence-corrected chi connectivity index (χ3v) is 4.17. The minimum Gasteiger partial charge on any atom is -0.496 e. The Morgan fingerprint density at radius 3 is 2.62 bits per heavy atom. The SMILES string of the molecule is COc1ccccc1/C=C/C=C1\N=C(c2cc(Br)ccc2OC)OC1=O. The van der Waals surface area contributed by atoms with E-state index in [0.29, 0.717) is 11.3 Å². The molecular formula is C20H16BrNO4. The van der Waals surface area contributed by atoms with Gasteiger partial charge in [-0.3, -0.25) is 0 Å². The number of hydrogen-bond donors (Lipinski definition) is 0. The molecule has 0 atom stereocenters. The van der Waals surface area contributed by atoms with Gasteiger partial charge in [-0.25, -0.2) is 9.79 Å². The Hall–Kier alpha value is -2.86. The van der Waals surface area contributed by atoms with Crippen molar-refractivity contribution in [1.82, 2.24) is 0 Å². The van der Waals surface area contributed by atoms with Crippen molar-refractivity contribution in [3.8, 4) is 11.5 Å². The second kappa shape index (κ2) is 8.01. The van der Waals surface area contributed by atoms with Crippen molar-refractivity contribution < 1.29 is 19.0 Å². The van der Waals surface area contributed by atoms with Crippen molar-refractivity contribution in [3.05, 3.63) is 75.9 Å². The molecule has 0 spiro atoms. The first kappa shape index (κ1) is 17.9. The van der Waals surface area contributed by atoms with E-state index in [1.54, 1.807) is 38.5 Å². The monoisotopic (exact) mass is 413 g/mol. The van der Waals surface area contributed by atoms with E-state index in [9.17, 15) is 4.79 Å². The van der Waals surface area contributed by atoms with Crippen LogP contribution in [0.5, 0.6) is 11.5 Å². The number of aliphatic imine (C=N–C) groups is 1. The lowest BCUT2D eigenvalue weighted by Gasteiger charge is -2.07. The highest BCUT2D eigenvalue weighted by molar-refractivity contribution is 9.10. The Bertz CT molecular complexity index is 931. The molecule has 0 N–H and O–H groups in total. The highest BCUT2D eigenvalue weighted by Crippen LogP contribution is 2.27. The summed E-state index contributed by atoms with van der Waals surface area (Å²) in [6, 6.07) is 13.0. The van der Waals surface area contributed by atoms with Crippen molar-refractivity contribution in [2.24, 2.45) is 4.99 Å². The summed E-state index contributed by atoms with van der Waals surface area (Å²) in [4.78, 5) is 16.4. The molecule has 0 radical (unpaired) electrons. The van der Waals surface area contributed by atoms with Crippen LogP contribution < -0.4 is 9.47 Å². The number of esters is 1. The Morgan fingerprint density at radius 1 is 1.08 bits per heavy atom. The number of halogens is 1. The first-order valence-corrected chi connectivity index (χ1v) is 8.58. The Kier molecular flexibility index (Phi) is 5.53. The standard InChI is InChI=1S/C20H16BrNO4/c1-24-17-9-4-3-6-13(17)7-5-8-16-20(23)26-19(22-16)15-12-14(21)10-11-18(15)25-2/h3-12H,1-2H3/b7-5+,16-8-. The van der Waals surface area contributed by atoms with Crippen LogP contribution >= 0.6 is 15.9 Å². The third-order valence-electron chi connectivity index (χ3n) is 3.68. The molecule has 132 valence electrons. The summed E-state index contributed by atoms with van der Waals surface area (Å²) in [6.45, 7) is 0. The van der Waals surface area contributed by atoms with Crippen molar-refractivity contribution in [2.75, 3.05) is 14.2 Å². The second-order valence-corrected chi connectivity index (χ2v) is 6.22. The molecule has 0 saturated heterocycles. The summed E-state index contributed by atoms with van der Waals surface area (Å²) in [5.41, 5.74) is 1.72. The number of ether oxygens (including phenoxy) is 3. The van der Waals surface area contributed by atoms with E-state index in [1.165, 1.54) is 0 Å². The van der Waals surface area contributed by atoms with Crippen LogP contribution in [0.15, 0.2) is 69.8 Å². The van der Waals surface area contributed by atoms with E-state index in [2.05, 4.69) is 20.9 Å². The van der Waals surface area contributed by atoms with Crippen LogP contribution in [0.1, 0.15) is 11.1 Å². The zero-order valence-electron chi connectivity index (χ0n) is 14.2. The lowest BCUT2D eigenvalue weighted by molar-refractivity contribution is -0.130. The van der Waals surface area contributed by atoms with Gasteiger partial charge >= 0.3 is 5.97 Å². The molecule has 2 aromatic carbocycles. The fourth-order valence-corrected chi connectivity index (χ4v) is 2.79. The molecule has 0 bridgehead atoms. The molecule has 6 heteroatoms. The van der Waals surface area contributed by atoms with Crippen LogP contribution in [0.4, 0.5) is 0 Å². The average Bonchev–Trinajstić information content (AvgIpc) is 3.03. The van der Waals surface area contributed by atoms with Crippen LogP contribution in [0, 0.1) is 0 Å². The maximum atomic E-state index is 12.1. The number of para-hydroxylation sites is 1. The first-order valence-electron chi connectivity index (χ1n) is 7.78. The van der Waals surface area contributed by atoms with E-state index >= 15 is 0 Å². The molecule has 0 fully saturated rings. The Balaban J connectivity index is 1.87. The molecule has 0 unspecified atom stereocenters. The maximum absolute atomic E-state index is 12.1. The van der Waals surface area contributed by atoms with Crippen LogP contribution in [-0.4, -0.2) is 26.1 Å². The van der Waals surface area contributed by atoms with E-state index in [1.807, 2.05) is 36.4 Å². The zero-order valence-corrected chi connectivity index (χ0v) is 15.8. The zero-order chi connectivity index (χ0) is 18.5. The number of nitrogens with zero attached hydrogens (tertiary/aromatic N) is 1. The normalized spacial score (nSPS) is 15.3. The van der Waals surface area contributed by atoms with Gasteiger partial charge in [0.2, 0.25) is 5.90 Å². The third kappa shape index (κ3) is 3.86. The summed E-state index contributed by atoms with van der Waals surface area (Å²) in [7, 11) is 3.16. The topological polar surface area (TPSA) is 57.1 Å². The molecule has 1 heterocycles. The number of benzene rings is 2. The van der Waals surface area contributed by atoms with E-state index in [0.717, 1.165) is 15.8 Å². The van der Waals surface area contributed by atoms with Crippen LogP contribution in [0.2, 0.25) is 0 Å². The number of rotatable bonds is 5. The lowest BCUT2D eigenvalue weighted by Crippen LogP contribution is -2.07. The maximum Gasteiger partial charge on any atom is 0.363 e. The average molecular weight is 414 g/mol. The van der Waals surface area contributed by atoms with E-state index < -0.39 is 5.97 Å². The molecule has 0 saturated carbocycles. The molecule has 2 aromatic rings. The predicted molar refractivity (Wildman–Crippen MR) is 103 cm³/mol. The Morgan fingerprint density at radius 2 is 1.85 bits per heavy atom. The molecular weight excluding hydrogens is 398 g/mol. The largest absolute Gasteiger partial charge is 0.496 e. The fourth-order valence-electron chi connectivity index (χ4n) is 2.43. The van der Waals surface area contributed by atoms with E-state index in [-0.39, 0.29) is 11.6 Å². The van der Waals surface area contributed by atoms with Crippen molar-refractivity contribution >= 4 is 33.9 Å². The van der Waals surface area contributed by atoms with Gasteiger partial charge in [-0.2, -0.15) is 0 Å². The van der Waals surface area contributed by atoms with E-state index in [4.69, 9.17) is 14.2 Å². The number of carbonyl (C=O) groups is 1. The molecule has 0 aliphatic carbocycles. The van der Waals surface area contributed by atoms with Gasteiger partial charge < -0.3 is 14.2 Å². The minimum atomic E-state index is -0.508. The number of allylic oxidation sites excluding steroid dienone is 2. The van der Waals surface area contributed by atoms with Gasteiger partial charge in [0.05, 0.1) is 19.8 Å². The number of methoxy groups -OCH3 is 2. The summed E-state index contributed by atoms with van der Waals surface area (Å²) in [5, 5.41) is 0. The molecule has 26 heavy (non-hydrogen) atoms. The van der Waals surface area contributed by atoms with Gasteiger partial charge in [0.1, 0.15) is 11.5 Å². The fraction of sp³-hybridized carbons (Fsp3) is 0.100. The van der Waals surface area contributed by atoms with Crippen molar-refractivity contribution in [3.63, 3.8) is 0 Å². The van der Waals surface area contributed by atoms with Crippen LogP contribution in [-0.2, 0) is 9.53 Å². The molecule has 5 nitrogen and oxygen atoms in total. The van der Waals surface area contributed by atoms with Crippen molar-refractivity contribution in [2.45, 2.75) is 0 Å². The molecule has 0 amide bonds.